The highest BCUT2D eigenvalue weighted by Gasteiger charge is 2.24. The second-order valence-corrected chi connectivity index (χ2v) is 7.19. The van der Waals surface area contributed by atoms with Gasteiger partial charge < -0.3 is 19.5 Å². The maximum atomic E-state index is 12.7. The minimum absolute atomic E-state index is 0.243. The summed E-state index contributed by atoms with van der Waals surface area (Å²) in [4.78, 5) is 26.1. The van der Waals surface area contributed by atoms with Crippen molar-refractivity contribution in [1.82, 2.24) is 0 Å². The molecule has 0 unspecified atom stereocenters. The van der Waals surface area contributed by atoms with E-state index in [-0.39, 0.29) is 12.0 Å². The number of amides is 1. The third kappa shape index (κ3) is 4.16. The van der Waals surface area contributed by atoms with Gasteiger partial charge in [0.25, 0.3) is 5.91 Å². The number of thiophene rings is 1. The van der Waals surface area contributed by atoms with E-state index in [9.17, 15) is 9.59 Å². The molecule has 0 saturated carbocycles. The number of rotatable bonds is 6. The molecule has 1 N–H and O–H groups in total. The second-order valence-electron chi connectivity index (χ2n) is 5.96. The molecule has 7 heteroatoms. The number of benzene rings is 1. The van der Waals surface area contributed by atoms with Crippen molar-refractivity contribution in [2.45, 2.75) is 33.8 Å². The van der Waals surface area contributed by atoms with Crippen molar-refractivity contribution in [2.75, 3.05) is 19.5 Å². The Balaban J connectivity index is 2.35. The van der Waals surface area contributed by atoms with Gasteiger partial charge in [-0.15, -0.1) is 11.3 Å². The van der Waals surface area contributed by atoms with Crippen LogP contribution >= 0.6 is 11.3 Å². The first-order valence-electron chi connectivity index (χ1n) is 8.12. The first-order valence-corrected chi connectivity index (χ1v) is 8.94. The van der Waals surface area contributed by atoms with Crippen LogP contribution in [0, 0.1) is 13.8 Å². The Morgan fingerprint density at radius 3 is 2.38 bits per heavy atom. The molecule has 0 spiro atoms. The Hall–Kier alpha value is -2.54. The summed E-state index contributed by atoms with van der Waals surface area (Å²) >= 11 is 1.34. The minimum atomic E-state index is -0.446. The van der Waals surface area contributed by atoms with Crippen LogP contribution in [-0.2, 0) is 4.74 Å². The topological polar surface area (TPSA) is 73.9 Å². The maximum Gasteiger partial charge on any atom is 0.341 e. The Labute approximate surface area is 157 Å². The van der Waals surface area contributed by atoms with Crippen LogP contribution < -0.4 is 14.8 Å². The van der Waals surface area contributed by atoms with Crippen LogP contribution in [0.15, 0.2) is 18.2 Å². The van der Waals surface area contributed by atoms with E-state index in [2.05, 4.69) is 5.32 Å². The zero-order chi connectivity index (χ0) is 19.4. The van der Waals surface area contributed by atoms with Gasteiger partial charge in [0.15, 0.2) is 0 Å². The highest BCUT2D eigenvalue weighted by atomic mass is 32.1. The van der Waals surface area contributed by atoms with E-state index in [1.54, 1.807) is 39.2 Å². The molecule has 140 valence electrons. The van der Waals surface area contributed by atoms with E-state index in [0.29, 0.717) is 27.6 Å². The van der Waals surface area contributed by atoms with Crippen LogP contribution in [-0.4, -0.2) is 32.2 Å². The van der Waals surface area contributed by atoms with Gasteiger partial charge in [0.05, 0.1) is 31.5 Å². The molecular weight excluding hydrogens is 354 g/mol. The number of anilines is 1. The molecule has 0 aliphatic carbocycles. The van der Waals surface area contributed by atoms with Gasteiger partial charge in [0, 0.05) is 10.9 Å². The summed E-state index contributed by atoms with van der Waals surface area (Å²) in [5.41, 5.74) is 1.54. The van der Waals surface area contributed by atoms with E-state index < -0.39 is 5.97 Å². The fraction of sp³-hybridized carbons (Fsp3) is 0.368. The third-order valence-electron chi connectivity index (χ3n) is 3.81. The van der Waals surface area contributed by atoms with Crippen molar-refractivity contribution in [2.24, 2.45) is 0 Å². The van der Waals surface area contributed by atoms with Gasteiger partial charge in [-0.25, -0.2) is 4.79 Å². The van der Waals surface area contributed by atoms with Crippen LogP contribution in [0.3, 0.4) is 0 Å². The summed E-state index contributed by atoms with van der Waals surface area (Å²) in [6, 6.07) is 4.93. The van der Waals surface area contributed by atoms with E-state index >= 15 is 0 Å². The Bertz CT molecular complexity index is 826. The molecule has 0 bridgehead atoms. The highest BCUT2D eigenvalue weighted by molar-refractivity contribution is 7.16. The minimum Gasteiger partial charge on any atom is -0.497 e. The normalized spacial score (nSPS) is 10.6. The number of aryl methyl sites for hydroxylation is 1. The maximum absolute atomic E-state index is 12.7. The Morgan fingerprint density at radius 1 is 1.12 bits per heavy atom. The molecule has 1 aromatic carbocycles. The highest BCUT2D eigenvalue weighted by Crippen LogP contribution is 2.34. The largest absolute Gasteiger partial charge is 0.497 e. The quantitative estimate of drug-likeness (QED) is 0.764. The molecule has 0 saturated heterocycles. The van der Waals surface area contributed by atoms with Crippen molar-refractivity contribution in [3.63, 3.8) is 0 Å². The zero-order valence-electron chi connectivity index (χ0n) is 15.8. The van der Waals surface area contributed by atoms with Crippen LogP contribution in [0.2, 0.25) is 0 Å². The lowest BCUT2D eigenvalue weighted by Gasteiger charge is -2.12. The van der Waals surface area contributed by atoms with Crippen LogP contribution in [0.5, 0.6) is 11.5 Å². The molecule has 26 heavy (non-hydrogen) atoms. The monoisotopic (exact) mass is 377 g/mol. The fourth-order valence-corrected chi connectivity index (χ4v) is 3.43. The number of nitrogens with one attached hydrogen (secondary N) is 1. The summed E-state index contributed by atoms with van der Waals surface area (Å²) in [6.07, 6.45) is -0.243. The average molecular weight is 377 g/mol. The second kappa shape index (κ2) is 8.23. The van der Waals surface area contributed by atoms with E-state index in [4.69, 9.17) is 14.2 Å². The molecule has 0 aliphatic rings. The molecule has 1 aromatic heterocycles. The van der Waals surface area contributed by atoms with E-state index in [1.165, 1.54) is 18.4 Å². The fourth-order valence-electron chi connectivity index (χ4n) is 2.39. The number of hydrogen-bond acceptors (Lipinski definition) is 6. The lowest BCUT2D eigenvalue weighted by Crippen LogP contribution is -2.17. The third-order valence-corrected chi connectivity index (χ3v) is 4.94. The van der Waals surface area contributed by atoms with Gasteiger partial charge in [-0.1, -0.05) is 0 Å². The summed E-state index contributed by atoms with van der Waals surface area (Å²) in [5.74, 6) is 0.156. The Morgan fingerprint density at radius 2 is 1.81 bits per heavy atom. The van der Waals surface area contributed by atoms with Gasteiger partial charge in [-0.3, -0.25) is 4.79 Å². The molecule has 1 amide bonds. The number of carbonyl (C=O) groups is 2. The molecule has 6 nitrogen and oxygen atoms in total. The number of carbonyl (C=O) groups excluding carboxylic acids is 2. The SMILES string of the molecule is COc1ccc(C(=O)Nc2sc(C)c(C)c2C(=O)OC(C)C)c(OC)c1. The average Bonchev–Trinajstić information content (AvgIpc) is 2.87. The number of methoxy groups -OCH3 is 2. The van der Waals surface area contributed by atoms with Crippen LogP contribution in [0.25, 0.3) is 0 Å². The lowest BCUT2D eigenvalue weighted by atomic mass is 10.1. The predicted octanol–water partition coefficient (Wildman–Crippen LogP) is 4.20. The van der Waals surface area contributed by atoms with E-state index in [1.807, 2.05) is 13.8 Å². The van der Waals surface area contributed by atoms with Crippen LogP contribution in [0.1, 0.15) is 45.0 Å². The molecular formula is C19H23NO5S. The molecule has 0 fully saturated rings. The number of ether oxygens (including phenoxy) is 3. The Kier molecular flexibility index (Phi) is 6.26. The van der Waals surface area contributed by atoms with Crippen molar-refractivity contribution in [3.05, 3.63) is 39.8 Å². The molecule has 0 aliphatic heterocycles. The lowest BCUT2D eigenvalue weighted by molar-refractivity contribution is 0.0379. The summed E-state index contributed by atoms with van der Waals surface area (Å²) in [7, 11) is 3.02. The first kappa shape index (κ1) is 19.8. The van der Waals surface area contributed by atoms with Gasteiger partial charge in [0.2, 0.25) is 0 Å². The molecule has 0 radical (unpaired) electrons. The first-order chi connectivity index (χ1) is 12.3. The van der Waals surface area contributed by atoms with Gasteiger partial charge in [0.1, 0.15) is 16.5 Å². The summed E-state index contributed by atoms with van der Waals surface area (Å²) < 4.78 is 15.7. The van der Waals surface area contributed by atoms with Gasteiger partial charge in [-0.05, 0) is 45.4 Å². The van der Waals surface area contributed by atoms with Crippen molar-refractivity contribution in [3.8, 4) is 11.5 Å². The molecule has 2 rings (SSSR count). The predicted molar refractivity (Wildman–Crippen MR) is 102 cm³/mol. The zero-order valence-corrected chi connectivity index (χ0v) is 16.6. The molecule has 0 atom stereocenters. The van der Waals surface area contributed by atoms with Crippen LogP contribution in [0.4, 0.5) is 5.00 Å². The molecule has 1 heterocycles. The summed E-state index contributed by atoms with van der Waals surface area (Å²) in [6.45, 7) is 7.31. The van der Waals surface area contributed by atoms with Gasteiger partial charge >= 0.3 is 5.97 Å². The number of esters is 1. The van der Waals surface area contributed by atoms with Gasteiger partial charge in [-0.2, -0.15) is 0 Å². The van der Waals surface area contributed by atoms with Crippen molar-refractivity contribution >= 4 is 28.2 Å². The van der Waals surface area contributed by atoms with Crippen molar-refractivity contribution < 1.29 is 23.8 Å². The number of hydrogen-bond donors (Lipinski definition) is 1. The standard InChI is InChI=1S/C19H23NO5S/c1-10(2)25-19(22)16-11(3)12(4)26-18(16)20-17(21)14-8-7-13(23-5)9-15(14)24-6/h7-10H,1-6H3,(H,20,21). The molecule has 2 aromatic rings. The summed E-state index contributed by atoms with van der Waals surface area (Å²) in [5, 5.41) is 3.28. The smallest absolute Gasteiger partial charge is 0.341 e. The van der Waals surface area contributed by atoms with E-state index in [0.717, 1.165) is 10.4 Å². The van der Waals surface area contributed by atoms with Crippen molar-refractivity contribution in [1.29, 1.82) is 0 Å².